The van der Waals surface area contributed by atoms with E-state index in [1.165, 1.54) is 0 Å². The van der Waals surface area contributed by atoms with Gasteiger partial charge >= 0.3 is 0 Å². The summed E-state index contributed by atoms with van der Waals surface area (Å²) < 4.78 is 19.3. The maximum absolute atomic E-state index is 6.40. The van der Waals surface area contributed by atoms with Gasteiger partial charge in [0.25, 0.3) is 0 Å². The van der Waals surface area contributed by atoms with Crippen molar-refractivity contribution >= 4 is 23.2 Å². The number of imidazole rings is 1. The van der Waals surface area contributed by atoms with Crippen LogP contribution in [-0.2, 0) is 20.8 Å². The number of hydrogen-bond acceptors (Lipinski definition) is 4. The first kappa shape index (κ1) is 16.0. The van der Waals surface area contributed by atoms with Crippen LogP contribution in [0.25, 0.3) is 0 Å². The first-order valence-corrected chi connectivity index (χ1v) is 7.93. The van der Waals surface area contributed by atoms with Crippen LogP contribution < -0.4 is 0 Å². The molecule has 1 aliphatic heterocycles. The maximum atomic E-state index is 6.40. The van der Waals surface area contributed by atoms with Crippen molar-refractivity contribution in [2.75, 3.05) is 20.3 Å². The summed E-state index contributed by atoms with van der Waals surface area (Å²) in [6, 6.07) is 0. The van der Waals surface area contributed by atoms with Crippen molar-refractivity contribution in [2.24, 2.45) is 0 Å². The average molecular weight is 345 g/mol. The van der Waals surface area contributed by atoms with Crippen LogP contribution in [0, 0.1) is 0 Å². The van der Waals surface area contributed by atoms with Gasteiger partial charge in [-0.15, -0.1) is 11.6 Å². The Kier molecular flexibility index (Phi) is 4.90. The van der Waals surface area contributed by atoms with E-state index in [2.05, 4.69) is 4.98 Å². The number of alkyl halides is 1. The zero-order valence-corrected chi connectivity index (χ0v) is 13.8. The van der Waals surface area contributed by atoms with Crippen LogP contribution >= 0.6 is 23.2 Å². The molecule has 1 aromatic rings. The van der Waals surface area contributed by atoms with Crippen LogP contribution in [-0.4, -0.2) is 47.1 Å². The molecule has 1 saturated heterocycles. The lowest BCUT2D eigenvalue weighted by Crippen LogP contribution is -2.39. The predicted molar refractivity (Wildman–Crippen MR) is 83.9 cm³/mol. The molecule has 1 unspecified atom stereocenters. The molecule has 3 atom stereocenters. The van der Waals surface area contributed by atoms with Gasteiger partial charge < -0.3 is 18.8 Å². The number of aromatic nitrogens is 2. The van der Waals surface area contributed by atoms with Gasteiger partial charge in [-0.05, 0) is 12.5 Å². The largest absolute Gasteiger partial charge is 0.382 e. The minimum Gasteiger partial charge on any atom is -0.382 e. The molecule has 7 heteroatoms. The monoisotopic (exact) mass is 344 g/mol. The van der Waals surface area contributed by atoms with Crippen LogP contribution in [0.5, 0.6) is 0 Å². The van der Waals surface area contributed by atoms with E-state index in [1.807, 2.05) is 22.9 Å². The Bertz CT molecular complexity index is 573. The van der Waals surface area contributed by atoms with E-state index in [4.69, 9.17) is 37.4 Å². The highest BCUT2D eigenvalue weighted by Gasteiger charge is 2.46. The van der Waals surface area contributed by atoms with Crippen LogP contribution in [0.15, 0.2) is 41.5 Å². The lowest BCUT2D eigenvalue weighted by molar-refractivity contribution is -0.151. The zero-order chi connectivity index (χ0) is 15.6. The molecule has 22 heavy (non-hydrogen) atoms. The van der Waals surface area contributed by atoms with Crippen LogP contribution in [0.3, 0.4) is 0 Å². The molecule has 0 saturated carbocycles. The standard InChI is InChI=1S/C15H18Cl2N2O3/c1-20-7-12-8-21-15(22-12,9-19-5-4-18-10-19)13-3-2-11(16)6-14(13)17/h3-6,10-12H,2,7-9H2,1H3/t11?,12-,15-/m0/s1. The van der Waals surface area contributed by atoms with Crippen molar-refractivity contribution < 1.29 is 14.2 Å². The van der Waals surface area contributed by atoms with E-state index in [0.29, 0.717) is 31.2 Å². The highest BCUT2D eigenvalue weighted by Crippen LogP contribution is 2.40. The summed E-state index contributed by atoms with van der Waals surface area (Å²) in [6.07, 6.45) is 9.69. The summed E-state index contributed by atoms with van der Waals surface area (Å²) in [7, 11) is 1.64. The van der Waals surface area contributed by atoms with E-state index in [-0.39, 0.29) is 11.5 Å². The highest BCUT2D eigenvalue weighted by atomic mass is 35.5. The quantitative estimate of drug-likeness (QED) is 0.770. The van der Waals surface area contributed by atoms with Crippen LogP contribution in [0.1, 0.15) is 6.42 Å². The molecule has 1 aliphatic carbocycles. The number of methoxy groups -OCH3 is 1. The molecule has 0 aromatic carbocycles. The Hall–Kier alpha value is -0.850. The third kappa shape index (κ3) is 3.24. The van der Waals surface area contributed by atoms with Gasteiger partial charge in [0.1, 0.15) is 6.10 Å². The van der Waals surface area contributed by atoms with Crippen molar-refractivity contribution in [3.05, 3.63) is 41.5 Å². The molecule has 0 N–H and O–H groups in total. The zero-order valence-electron chi connectivity index (χ0n) is 12.2. The van der Waals surface area contributed by atoms with Gasteiger partial charge in [-0.3, -0.25) is 0 Å². The topological polar surface area (TPSA) is 45.5 Å². The van der Waals surface area contributed by atoms with Crippen molar-refractivity contribution in [1.82, 2.24) is 9.55 Å². The minimum atomic E-state index is -0.936. The molecule has 120 valence electrons. The third-order valence-corrected chi connectivity index (χ3v) is 4.34. The maximum Gasteiger partial charge on any atom is 0.215 e. The summed E-state index contributed by atoms with van der Waals surface area (Å²) >= 11 is 12.5. The number of hydrogen-bond donors (Lipinski definition) is 0. The van der Waals surface area contributed by atoms with Gasteiger partial charge in [0, 0.05) is 30.1 Å². The molecular formula is C15H18Cl2N2O3. The molecule has 0 bridgehead atoms. The molecular weight excluding hydrogens is 327 g/mol. The summed E-state index contributed by atoms with van der Waals surface area (Å²) in [5, 5.41) is 0.474. The second-order valence-corrected chi connectivity index (χ2v) is 6.35. The van der Waals surface area contributed by atoms with Crippen molar-refractivity contribution in [3.8, 4) is 0 Å². The Morgan fingerprint density at radius 1 is 1.55 bits per heavy atom. The molecule has 5 nitrogen and oxygen atoms in total. The van der Waals surface area contributed by atoms with Gasteiger partial charge in [-0.2, -0.15) is 0 Å². The molecule has 0 radical (unpaired) electrons. The van der Waals surface area contributed by atoms with E-state index in [0.717, 1.165) is 5.57 Å². The number of ether oxygens (including phenoxy) is 3. The number of nitrogens with zero attached hydrogens (tertiary/aromatic N) is 2. The van der Waals surface area contributed by atoms with E-state index in [1.54, 1.807) is 19.6 Å². The fourth-order valence-electron chi connectivity index (χ4n) is 2.74. The normalized spacial score (nSPS) is 32.0. The summed E-state index contributed by atoms with van der Waals surface area (Å²) in [5.41, 5.74) is 0.818. The highest BCUT2D eigenvalue weighted by molar-refractivity contribution is 6.33. The fourth-order valence-corrected chi connectivity index (χ4v) is 3.40. The Labute approximate surface area is 139 Å². The molecule has 3 rings (SSSR count). The Balaban J connectivity index is 1.89. The first-order valence-electron chi connectivity index (χ1n) is 7.12. The Morgan fingerprint density at radius 2 is 2.41 bits per heavy atom. The number of halogens is 2. The lowest BCUT2D eigenvalue weighted by atomic mass is 9.98. The second kappa shape index (κ2) is 6.72. The predicted octanol–water partition coefficient (Wildman–Crippen LogP) is 2.70. The van der Waals surface area contributed by atoms with Gasteiger partial charge in [-0.25, -0.2) is 4.98 Å². The molecule has 2 aliphatic rings. The van der Waals surface area contributed by atoms with Gasteiger partial charge in [0.2, 0.25) is 5.79 Å². The van der Waals surface area contributed by atoms with Crippen LogP contribution in [0.4, 0.5) is 0 Å². The molecule has 2 heterocycles. The minimum absolute atomic E-state index is 0.0993. The molecule has 1 fully saturated rings. The van der Waals surface area contributed by atoms with Gasteiger partial charge in [-0.1, -0.05) is 17.7 Å². The van der Waals surface area contributed by atoms with Crippen LogP contribution in [0.2, 0.25) is 0 Å². The Morgan fingerprint density at radius 3 is 3.09 bits per heavy atom. The molecule has 0 amide bonds. The number of rotatable bonds is 5. The lowest BCUT2D eigenvalue weighted by Gasteiger charge is -2.32. The first-order chi connectivity index (χ1) is 10.6. The molecule has 1 aromatic heterocycles. The van der Waals surface area contributed by atoms with E-state index in [9.17, 15) is 0 Å². The SMILES string of the molecule is COC[C@H]1CO[C@](Cn2ccnc2)(C2=CCC(Cl)C=C2Cl)O1. The average Bonchev–Trinajstić information content (AvgIpc) is 3.10. The van der Waals surface area contributed by atoms with E-state index >= 15 is 0 Å². The number of allylic oxidation sites excluding steroid dienone is 2. The summed E-state index contributed by atoms with van der Waals surface area (Å²) in [6.45, 7) is 1.39. The second-order valence-electron chi connectivity index (χ2n) is 5.38. The molecule has 0 spiro atoms. The fraction of sp³-hybridized carbons (Fsp3) is 0.533. The van der Waals surface area contributed by atoms with Crippen molar-refractivity contribution in [2.45, 2.75) is 30.2 Å². The smallest absolute Gasteiger partial charge is 0.215 e. The van der Waals surface area contributed by atoms with Gasteiger partial charge in [0.05, 0.1) is 31.5 Å². The third-order valence-electron chi connectivity index (χ3n) is 3.70. The summed E-state index contributed by atoms with van der Waals surface area (Å²) in [4.78, 5) is 4.07. The summed E-state index contributed by atoms with van der Waals surface area (Å²) in [5.74, 6) is -0.936. The van der Waals surface area contributed by atoms with Crippen molar-refractivity contribution in [3.63, 3.8) is 0 Å². The van der Waals surface area contributed by atoms with E-state index < -0.39 is 5.79 Å². The van der Waals surface area contributed by atoms with Crippen molar-refractivity contribution in [1.29, 1.82) is 0 Å². The van der Waals surface area contributed by atoms with Gasteiger partial charge in [0.15, 0.2) is 0 Å².